The van der Waals surface area contributed by atoms with E-state index in [1.807, 2.05) is 6.92 Å². The Labute approximate surface area is 186 Å². The van der Waals surface area contributed by atoms with Gasteiger partial charge in [0.15, 0.2) is 0 Å². The Morgan fingerprint density at radius 3 is 2.40 bits per heavy atom. The molecule has 0 bridgehead atoms. The highest BCUT2D eigenvalue weighted by atomic mass is 35.5. The molecule has 0 aromatic heterocycles. The van der Waals surface area contributed by atoms with Crippen molar-refractivity contribution in [3.05, 3.63) is 69.5 Å². The van der Waals surface area contributed by atoms with Gasteiger partial charge in [0.25, 0.3) is 0 Å². The third kappa shape index (κ3) is 5.72. The highest BCUT2D eigenvalue weighted by molar-refractivity contribution is 7.88. The first kappa shape index (κ1) is 23.0. The van der Waals surface area contributed by atoms with Crippen molar-refractivity contribution >= 4 is 39.1 Å². The molecule has 3 rings (SSSR count). The molecule has 9 heteroatoms. The van der Waals surface area contributed by atoms with Crippen LogP contribution in [0.2, 0.25) is 10.0 Å². The first-order chi connectivity index (χ1) is 14.2. The van der Waals surface area contributed by atoms with E-state index in [9.17, 15) is 17.6 Å². The lowest BCUT2D eigenvalue weighted by molar-refractivity contribution is -0.126. The van der Waals surface area contributed by atoms with E-state index in [0.29, 0.717) is 28.5 Å². The molecule has 1 heterocycles. The quantitative estimate of drug-likeness (QED) is 0.670. The molecular weight excluding hydrogens is 450 g/mol. The minimum Gasteiger partial charge on any atom is -0.349 e. The fourth-order valence-corrected chi connectivity index (χ4v) is 5.64. The average Bonchev–Trinajstić information content (AvgIpc) is 2.70. The Bertz CT molecular complexity index is 1010. The maximum Gasteiger partial charge on any atom is 0.223 e. The van der Waals surface area contributed by atoms with Crippen molar-refractivity contribution in [3.8, 4) is 0 Å². The van der Waals surface area contributed by atoms with Gasteiger partial charge in [0.05, 0.1) is 11.8 Å². The number of halogens is 3. The number of carbonyl (C=O) groups excluding carboxylic acids is 1. The van der Waals surface area contributed by atoms with E-state index >= 15 is 0 Å². The number of benzene rings is 2. The van der Waals surface area contributed by atoms with Gasteiger partial charge in [-0.25, -0.2) is 17.1 Å². The van der Waals surface area contributed by atoms with Crippen LogP contribution < -0.4 is 5.32 Å². The molecule has 0 radical (unpaired) electrons. The van der Waals surface area contributed by atoms with E-state index in [1.165, 1.54) is 22.5 Å². The van der Waals surface area contributed by atoms with Gasteiger partial charge in [0.1, 0.15) is 5.82 Å². The number of hydrogen-bond acceptors (Lipinski definition) is 3. The van der Waals surface area contributed by atoms with E-state index in [4.69, 9.17) is 23.2 Å². The van der Waals surface area contributed by atoms with E-state index in [1.54, 1.807) is 24.3 Å². The Morgan fingerprint density at radius 1 is 1.17 bits per heavy atom. The first-order valence-corrected chi connectivity index (χ1v) is 12.0. The molecule has 2 aromatic carbocycles. The summed E-state index contributed by atoms with van der Waals surface area (Å²) in [5.41, 5.74) is 1.30. The van der Waals surface area contributed by atoms with Gasteiger partial charge in [-0.2, -0.15) is 0 Å². The summed E-state index contributed by atoms with van der Waals surface area (Å²) in [5, 5.41) is 3.69. The smallest absolute Gasteiger partial charge is 0.223 e. The fraction of sp³-hybridized carbons (Fsp3) is 0.381. The molecule has 1 aliphatic heterocycles. The lowest BCUT2D eigenvalue weighted by Gasteiger charge is -2.31. The topological polar surface area (TPSA) is 66.5 Å². The summed E-state index contributed by atoms with van der Waals surface area (Å²) in [4.78, 5) is 12.6. The predicted octanol–water partition coefficient (Wildman–Crippen LogP) is 4.55. The zero-order valence-electron chi connectivity index (χ0n) is 16.4. The molecule has 0 unspecified atom stereocenters. The van der Waals surface area contributed by atoms with E-state index in [2.05, 4.69) is 5.32 Å². The Kier molecular flexibility index (Phi) is 7.39. The van der Waals surface area contributed by atoms with Gasteiger partial charge in [-0.1, -0.05) is 41.4 Å². The highest BCUT2D eigenvalue weighted by Crippen LogP contribution is 2.26. The number of sulfonamides is 1. The van der Waals surface area contributed by atoms with Crippen LogP contribution in [0.5, 0.6) is 0 Å². The van der Waals surface area contributed by atoms with Crippen molar-refractivity contribution in [1.29, 1.82) is 0 Å². The van der Waals surface area contributed by atoms with Gasteiger partial charge in [-0.05, 0) is 55.2 Å². The number of hydrogen-bond donors (Lipinski definition) is 1. The highest BCUT2D eigenvalue weighted by Gasteiger charge is 2.32. The van der Waals surface area contributed by atoms with Crippen molar-refractivity contribution in [2.45, 2.75) is 31.6 Å². The summed E-state index contributed by atoms with van der Waals surface area (Å²) in [7, 11) is -3.55. The summed E-state index contributed by atoms with van der Waals surface area (Å²) in [5.74, 6) is -0.921. The Morgan fingerprint density at radius 2 is 1.80 bits per heavy atom. The fourth-order valence-electron chi connectivity index (χ4n) is 3.49. The van der Waals surface area contributed by atoms with Crippen molar-refractivity contribution < 1.29 is 17.6 Å². The van der Waals surface area contributed by atoms with Crippen molar-refractivity contribution in [2.75, 3.05) is 13.1 Å². The van der Waals surface area contributed by atoms with Crippen LogP contribution in [-0.4, -0.2) is 31.7 Å². The van der Waals surface area contributed by atoms with Crippen LogP contribution >= 0.6 is 23.2 Å². The molecule has 1 amide bonds. The molecule has 1 saturated heterocycles. The molecule has 30 heavy (non-hydrogen) atoms. The second-order valence-electron chi connectivity index (χ2n) is 7.45. The average molecular weight is 473 g/mol. The maximum absolute atomic E-state index is 13.1. The van der Waals surface area contributed by atoms with Crippen LogP contribution in [0.15, 0.2) is 42.5 Å². The lowest BCUT2D eigenvalue weighted by Crippen LogP contribution is -2.43. The van der Waals surface area contributed by atoms with Crippen LogP contribution in [0.4, 0.5) is 4.39 Å². The van der Waals surface area contributed by atoms with E-state index < -0.39 is 10.0 Å². The molecule has 1 atom stereocenters. The molecule has 0 spiro atoms. The summed E-state index contributed by atoms with van der Waals surface area (Å²) >= 11 is 12.0. The molecule has 0 aliphatic carbocycles. The van der Waals surface area contributed by atoms with Crippen molar-refractivity contribution in [3.63, 3.8) is 0 Å². The number of rotatable bonds is 6. The summed E-state index contributed by atoms with van der Waals surface area (Å²) in [6.45, 7) is 2.38. The van der Waals surface area contributed by atoms with Crippen LogP contribution in [0, 0.1) is 11.7 Å². The standard InChI is InChI=1S/C21H23Cl2FN2O3S/c1-14(15-3-6-19(24)7-4-15)25-21(27)16-8-10-26(11-9-16)30(28,29)13-17-2-5-18(22)12-20(17)23/h2-7,12,14,16H,8-11,13H2,1H3,(H,25,27)/t14-/m1/s1. The summed E-state index contributed by atoms with van der Waals surface area (Å²) in [6, 6.07) is 10.5. The molecule has 1 fully saturated rings. The van der Waals surface area contributed by atoms with Crippen LogP contribution in [-0.2, 0) is 20.6 Å². The van der Waals surface area contributed by atoms with Crippen molar-refractivity contribution in [2.24, 2.45) is 5.92 Å². The van der Waals surface area contributed by atoms with Gasteiger partial charge in [-0.15, -0.1) is 0 Å². The molecule has 1 N–H and O–H groups in total. The molecule has 5 nitrogen and oxygen atoms in total. The molecule has 0 saturated carbocycles. The van der Waals surface area contributed by atoms with E-state index in [-0.39, 0.29) is 42.5 Å². The number of nitrogens with zero attached hydrogens (tertiary/aromatic N) is 1. The molecule has 2 aromatic rings. The normalized spacial score (nSPS) is 16.9. The number of amides is 1. The van der Waals surface area contributed by atoms with Gasteiger partial charge in [-0.3, -0.25) is 4.79 Å². The van der Waals surface area contributed by atoms with Crippen molar-refractivity contribution in [1.82, 2.24) is 9.62 Å². The summed E-state index contributed by atoms with van der Waals surface area (Å²) in [6.07, 6.45) is 0.880. The van der Waals surface area contributed by atoms with Gasteiger partial charge < -0.3 is 5.32 Å². The number of piperidine rings is 1. The van der Waals surface area contributed by atoms with Gasteiger partial charge in [0.2, 0.25) is 15.9 Å². The second kappa shape index (κ2) is 9.64. The third-order valence-corrected chi connectivity index (χ3v) is 7.71. The summed E-state index contributed by atoms with van der Waals surface area (Å²) < 4.78 is 40.0. The second-order valence-corrected chi connectivity index (χ2v) is 10.3. The number of carbonyl (C=O) groups is 1. The SMILES string of the molecule is C[C@@H](NC(=O)C1CCN(S(=O)(=O)Cc2ccc(Cl)cc2Cl)CC1)c1ccc(F)cc1. The zero-order chi connectivity index (χ0) is 21.9. The molecular formula is C21H23Cl2FN2O3S. The molecule has 1 aliphatic rings. The Balaban J connectivity index is 1.55. The largest absolute Gasteiger partial charge is 0.349 e. The van der Waals surface area contributed by atoms with Gasteiger partial charge >= 0.3 is 0 Å². The minimum absolute atomic E-state index is 0.121. The maximum atomic E-state index is 13.1. The third-order valence-electron chi connectivity index (χ3n) is 5.30. The first-order valence-electron chi connectivity index (χ1n) is 9.63. The zero-order valence-corrected chi connectivity index (χ0v) is 18.8. The lowest BCUT2D eigenvalue weighted by atomic mass is 9.96. The van der Waals surface area contributed by atoms with E-state index in [0.717, 1.165) is 5.56 Å². The number of nitrogens with one attached hydrogen (secondary N) is 1. The Hall–Kier alpha value is -1.67. The van der Waals surface area contributed by atoms with Crippen LogP contribution in [0.1, 0.15) is 36.9 Å². The molecule has 162 valence electrons. The van der Waals surface area contributed by atoms with Gasteiger partial charge in [0, 0.05) is 29.1 Å². The minimum atomic E-state index is -3.55. The monoisotopic (exact) mass is 472 g/mol. The van der Waals surface area contributed by atoms with Crippen LogP contribution in [0.25, 0.3) is 0 Å². The predicted molar refractivity (Wildman–Crippen MR) is 116 cm³/mol. The van der Waals surface area contributed by atoms with Crippen LogP contribution in [0.3, 0.4) is 0 Å².